The minimum Gasteiger partial charge on any atom is -0.348 e. The summed E-state index contributed by atoms with van der Waals surface area (Å²) in [6, 6.07) is 19.5. The van der Waals surface area contributed by atoms with Gasteiger partial charge in [0.05, 0.1) is 0 Å². The molecule has 0 saturated carbocycles. The topological polar surface area (TPSA) is 35.6 Å². The summed E-state index contributed by atoms with van der Waals surface area (Å²) in [5.41, 5.74) is 1.90. The predicted molar refractivity (Wildman–Crippen MR) is 75.9 cm³/mol. The van der Waals surface area contributed by atoms with Crippen LogP contribution >= 0.6 is 0 Å². The lowest BCUT2D eigenvalue weighted by Gasteiger charge is -2.48. The van der Waals surface area contributed by atoms with Crippen LogP contribution in [-0.2, 0) is 0 Å². The van der Waals surface area contributed by atoms with Crippen LogP contribution in [0.3, 0.4) is 0 Å². The molecule has 2 aromatic carbocycles. The van der Waals surface area contributed by atoms with Gasteiger partial charge in [-0.1, -0.05) is 36.4 Å². The van der Waals surface area contributed by atoms with Crippen molar-refractivity contribution in [3.63, 3.8) is 0 Å². The highest BCUT2D eigenvalue weighted by Gasteiger charge is 2.42. The van der Waals surface area contributed by atoms with Crippen LogP contribution < -0.4 is 10.2 Å². The van der Waals surface area contributed by atoms with E-state index in [1.807, 2.05) is 60.7 Å². The molecule has 1 aliphatic heterocycles. The third-order valence-corrected chi connectivity index (χ3v) is 3.22. The molecule has 1 fully saturated rings. The molecule has 2 aromatic rings. The molecule has 19 heavy (non-hydrogen) atoms. The smallest absolute Gasteiger partial charge is 0.330 e. The maximum atomic E-state index is 12.0. The molecular weight excluding hydrogens is 238 g/mol. The fraction of sp³-hybridized carbons (Fsp3) is 0.133. The van der Waals surface area contributed by atoms with E-state index < -0.39 is 0 Å². The molecule has 0 aromatic heterocycles. The van der Waals surface area contributed by atoms with E-state index in [9.17, 15) is 4.79 Å². The van der Waals surface area contributed by atoms with Crippen molar-refractivity contribution >= 4 is 17.4 Å². The first-order valence-corrected chi connectivity index (χ1v) is 6.20. The summed E-state index contributed by atoms with van der Waals surface area (Å²) in [6.07, 6.45) is -0.141. The van der Waals surface area contributed by atoms with Crippen molar-refractivity contribution < 1.29 is 4.79 Å². The molecule has 4 heteroatoms. The number of nitrogens with zero attached hydrogens (tertiary/aromatic N) is 2. The Morgan fingerprint density at radius 2 is 1.53 bits per heavy atom. The standard InChI is InChI=1S/C15H15N3O/c1-17-14(16-12-8-4-2-5-9-12)18(15(17)19)13-10-6-3-7-11-13/h2-11,14,16H,1H3. The summed E-state index contributed by atoms with van der Waals surface area (Å²) < 4.78 is 0. The Bertz CT molecular complexity index is 570. The lowest BCUT2D eigenvalue weighted by Crippen LogP contribution is -2.69. The minimum atomic E-state index is -0.141. The predicted octanol–water partition coefficient (Wildman–Crippen LogP) is 2.95. The fourth-order valence-corrected chi connectivity index (χ4v) is 2.18. The van der Waals surface area contributed by atoms with Crippen LogP contribution in [-0.4, -0.2) is 24.3 Å². The second-order valence-electron chi connectivity index (χ2n) is 4.48. The van der Waals surface area contributed by atoms with Gasteiger partial charge in [0.25, 0.3) is 0 Å². The number of nitrogens with one attached hydrogen (secondary N) is 1. The number of urea groups is 1. The number of carbonyl (C=O) groups excluding carboxylic acids is 1. The lowest BCUT2D eigenvalue weighted by molar-refractivity contribution is 0.162. The number of benzene rings is 2. The fourth-order valence-electron chi connectivity index (χ4n) is 2.18. The number of para-hydroxylation sites is 2. The van der Waals surface area contributed by atoms with Crippen LogP contribution in [0.15, 0.2) is 60.7 Å². The van der Waals surface area contributed by atoms with Gasteiger partial charge in [0.2, 0.25) is 0 Å². The van der Waals surface area contributed by atoms with Crippen molar-refractivity contribution in [2.45, 2.75) is 6.29 Å². The molecule has 4 nitrogen and oxygen atoms in total. The van der Waals surface area contributed by atoms with Gasteiger partial charge in [-0.2, -0.15) is 0 Å². The van der Waals surface area contributed by atoms with Crippen molar-refractivity contribution in [2.24, 2.45) is 0 Å². The van der Waals surface area contributed by atoms with E-state index in [0.717, 1.165) is 11.4 Å². The summed E-state index contributed by atoms with van der Waals surface area (Å²) in [5.74, 6) is 0. The zero-order valence-corrected chi connectivity index (χ0v) is 10.7. The SMILES string of the molecule is CN1C(=O)N(c2ccccc2)C1Nc1ccccc1. The Kier molecular flexibility index (Phi) is 2.83. The van der Waals surface area contributed by atoms with Gasteiger partial charge in [-0.3, -0.25) is 9.80 Å². The molecular formula is C15H15N3O. The molecule has 0 spiro atoms. The number of hydrogen-bond acceptors (Lipinski definition) is 2. The third kappa shape index (κ3) is 2.01. The van der Waals surface area contributed by atoms with Gasteiger partial charge in [-0.05, 0) is 24.3 Å². The highest BCUT2D eigenvalue weighted by molar-refractivity contribution is 5.99. The summed E-state index contributed by atoms with van der Waals surface area (Å²) >= 11 is 0. The first kappa shape index (κ1) is 11.6. The number of carbonyl (C=O) groups is 1. The quantitative estimate of drug-likeness (QED) is 0.912. The van der Waals surface area contributed by atoms with Gasteiger partial charge in [-0.25, -0.2) is 4.79 Å². The number of rotatable bonds is 3. The first-order valence-electron chi connectivity index (χ1n) is 6.20. The molecule has 1 N–H and O–H groups in total. The normalized spacial score (nSPS) is 18.2. The summed E-state index contributed by atoms with van der Waals surface area (Å²) in [6.45, 7) is 0. The molecule has 1 saturated heterocycles. The number of amides is 2. The van der Waals surface area contributed by atoms with Crippen LogP contribution in [0.1, 0.15) is 0 Å². The van der Waals surface area contributed by atoms with Crippen LogP contribution in [0.25, 0.3) is 0 Å². The molecule has 3 rings (SSSR count). The van der Waals surface area contributed by atoms with Crippen LogP contribution in [0.2, 0.25) is 0 Å². The largest absolute Gasteiger partial charge is 0.348 e. The summed E-state index contributed by atoms with van der Waals surface area (Å²) in [5, 5.41) is 3.34. The Balaban J connectivity index is 1.82. The highest BCUT2D eigenvalue weighted by atomic mass is 16.2. The van der Waals surface area contributed by atoms with Crippen LogP contribution in [0, 0.1) is 0 Å². The van der Waals surface area contributed by atoms with Crippen molar-refractivity contribution in [1.82, 2.24) is 4.90 Å². The van der Waals surface area contributed by atoms with Crippen molar-refractivity contribution in [3.05, 3.63) is 60.7 Å². The average molecular weight is 253 g/mol. The molecule has 0 aliphatic carbocycles. The van der Waals surface area contributed by atoms with Gasteiger partial charge < -0.3 is 5.32 Å². The van der Waals surface area contributed by atoms with E-state index >= 15 is 0 Å². The maximum absolute atomic E-state index is 12.0. The Labute approximate surface area is 112 Å². The molecule has 1 unspecified atom stereocenters. The molecule has 0 bridgehead atoms. The van der Waals surface area contributed by atoms with Crippen molar-refractivity contribution in [3.8, 4) is 0 Å². The lowest BCUT2D eigenvalue weighted by atomic mass is 10.2. The first-order chi connectivity index (χ1) is 9.27. The van der Waals surface area contributed by atoms with E-state index in [1.165, 1.54) is 0 Å². The number of hydrogen-bond donors (Lipinski definition) is 1. The van der Waals surface area contributed by atoms with Crippen LogP contribution in [0.5, 0.6) is 0 Å². The highest BCUT2D eigenvalue weighted by Crippen LogP contribution is 2.28. The Hall–Kier alpha value is -2.49. The zero-order chi connectivity index (χ0) is 13.2. The maximum Gasteiger partial charge on any atom is 0.330 e. The van der Waals surface area contributed by atoms with E-state index in [-0.39, 0.29) is 12.3 Å². The van der Waals surface area contributed by atoms with Crippen molar-refractivity contribution in [2.75, 3.05) is 17.3 Å². The molecule has 1 atom stereocenters. The third-order valence-electron chi connectivity index (χ3n) is 3.22. The van der Waals surface area contributed by atoms with Gasteiger partial charge in [-0.15, -0.1) is 0 Å². The zero-order valence-electron chi connectivity index (χ0n) is 10.7. The molecule has 1 heterocycles. The van der Waals surface area contributed by atoms with E-state index in [4.69, 9.17) is 0 Å². The van der Waals surface area contributed by atoms with Gasteiger partial charge in [0.15, 0.2) is 6.29 Å². The van der Waals surface area contributed by atoms with E-state index in [2.05, 4.69) is 5.32 Å². The second kappa shape index (κ2) is 4.65. The molecule has 2 amide bonds. The minimum absolute atomic E-state index is 0.000342. The second-order valence-corrected chi connectivity index (χ2v) is 4.48. The summed E-state index contributed by atoms with van der Waals surface area (Å²) in [4.78, 5) is 15.4. The van der Waals surface area contributed by atoms with Crippen molar-refractivity contribution in [1.29, 1.82) is 0 Å². The van der Waals surface area contributed by atoms with E-state index in [1.54, 1.807) is 16.8 Å². The van der Waals surface area contributed by atoms with Gasteiger partial charge >= 0.3 is 6.03 Å². The molecule has 0 radical (unpaired) electrons. The van der Waals surface area contributed by atoms with Gasteiger partial charge in [0, 0.05) is 18.4 Å². The Morgan fingerprint density at radius 1 is 0.947 bits per heavy atom. The van der Waals surface area contributed by atoms with Crippen LogP contribution in [0.4, 0.5) is 16.2 Å². The average Bonchev–Trinajstić information content (AvgIpc) is 2.48. The van der Waals surface area contributed by atoms with E-state index in [0.29, 0.717) is 0 Å². The summed E-state index contributed by atoms with van der Waals surface area (Å²) in [7, 11) is 1.79. The van der Waals surface area contributed by atoms with Gasteiger partial charge in [0.1, 0.15) is 0 Å². The molecule has 1 aliphatic rings. The molecule has 96 valence electrons. The monoisotopic (exact) mass is 253 g/mol. The number of anilines is 2. The Morgan fingerprint density at radius 3 is 2.16 bits per heavy atom.